The van der Waals surface area contributed by atoms with Crippen LogP contribution in [0.3, 0.4) is 0 Å². The van der Waals surface area contributed by atoms with Crippen LogP contribution in [0.15, 0.2) is 18.2 Å². The third kappa shape index (κ3) is 4.38. The molecule has 1 rings (SSSR count). The highest BCUT2D eigenvalue weighted by molar-refractivity contribution is 5.45. The molecule has 1 N–H and O–H groups in total. The molecule has 98 valence electrons. The van der Waals surface area contributed by atoms with Crippen molar-refractivity contribution in [3.8, 4) is 11.8 Å². The van der Waals surface area contributed by atoms with E-state index in [2.05, 4.69) is 32.2 Å². The summed E-state index contributed by atoms with van der Waals surface area (Å²) >= 11 is 0. The third-order valence-corrected chi connectivity index (χ3v) is 2.87. The molecular formula is C15H22N2O. The van der Waals surface area contributed by atoms with E-state index in [0.717, 1.165) is 18.5 Å². The first-order valence-electron chi connectivity index (χ1n) is 6.37. The van der Waals surface area contributed by atoms with Gasteiger partial charge in [-0.3, -0.25) is 0 Å². The average Bonchev–Trinajstić information content (AvgIpc) is 2.35. The van der Waals surface area contributed by atoms with Gasteiger partial charge in [-0.1, -0.05) is 19.9 Å². The Balaban J connectivity index is 2.61. The Hall–Kier alpha value is -1.53. The number of hydrogen-bond acceptors (Lipinski definition) is 3. The van der Waals surface area contributed by atoms with Gasteiger partial charge in [0.1, 0.15) is 11.8 Å². The van der Waals surface area contributed by atoms with E-state index in [-0.39, 0.29) is 0 Å². The number of methoxy groups -OCH3 is 1. The average molecular weight is 246 g/mol. The molecular weight excluding hydrogens is 224 g/mol. The SMILES string of the molecule is COc1cc(CNC(C)CC(C)C)ccc1C#N. The van der Waals surface area contributed by atoms with Crippen LogP contribution >= 0.6 is 0 Å². The quantitative estimate of drug-likeness (QED) is 0.839. The van der Waals surface area contributed by atoms with Crippen molar-refractivity contribution in [3.05, 3.63) is 29.3 Å². The Morgan fingerprint density at radius 2 is 2.06 bits per heavy atom. The summed E-state index contributed by atoms with van der Waals surface area (Å²) in [5.41, 5.74) is 1.72. The van der Waals surface area contributed by atoms with Crippen molar-refractivity contribution < 1.29 is 4.74 Å². The minimum Gasteiger partial charge on any atom is -0.495 e. The lowest BCUT2D eigenvalue weighted by molar-refractivity contribution is 0.411. The van der Waals surface area contributed by atoms with Gasteiger partial charge in [0.05, 0.1) is 12.7 Å². The Morgan fingerprint density at radius 1 is 1.33 bits per heavy atom. The smallest absolute Gasteiger partial charge is 0.136 e. The molecule has 0 aliphatic heterocycles. The van der Waals surface area contributed by atoms with Crippen LogP contribution in [0, 0.1) is 17.2 Å². The monoisotopic (exact) mass is 246 g/mol. The molecule has 1 aromatic carbocycles. The summed E-state index contributed by atoms with van der Waals surface area (Å²) in [5.74, 6) is 1.34. The number of benzene rings is 1. The van der Waals surface area contributed by atoms with Gasteiger partial charge in [0, 0.05) is 12.6 Å². The Labute approximate surface area is 110 Å². The highest BCUT2D eigenvalue weighted by atomic mass is 16.5. The second-order valence-electron chi connectivity index (χ2n) is 5.06. The van der Waals surface area contributed by atoms with Crippen LogP contribution in [-0.4, -0.2) is 13.2 Å². The van der Waals surface area contributed by atoms with Crippen LogP contribution in [0.1, 0.15) is 38.3 Å². The van der Waals surface area contributed by atoms with Crippen LogP contribution in [0.5, 0.6) is 5.75 Å². The first kappa shape index (κ1) is 14.5. The third-order valence-electron chi connectivity index (χ3n) is 2.87. The normalized spacial score (nSPS) is 12.2. The summed E-state index contributed by atoms with van der Waals surface area (Å²) in [7, 11) is 1.59. The summed E-state index contributed by atoms with van der Waals surface area (Å²) in [6.45, 7) is 7.45. The molecule has 0 saturated heterocycles. The van der Waals surface area contributed by atoms with Gasteiger partial charge in [0.25, 0.3) is 0 Å². The predicted molar refractivity (Wildman–Crippen MR) is 73.5 cm³/mol. The summed E-state index contributed by atoms with van der Waals surface area (Å²) in [6.07, 6.45) is 1.16. The van der Waals surface area contributed by atoms with Crippen molar-refractivity contribution in [1.82, 2.24) is 5.32 Å². The molecule has 3 heteroatoms. The molecule has 0 aliphatic carbocycles. The van der Waals surface area contributed by atoms with Gasteiger partial charge in [0.15, 0.2) is 0 Å². The Kier molecular flexibility index (Phi) is 5.67. The largest absolute Gasteiger partial charge is 0.495 e. The zero-order chi connectivity index (χ0) is 13.5. The molecule has 0 radical (unpaired) electrons. The molecule has 0 amide bonds. The molecule has 3 nitrogen and oxygen atoms in total. The lowest BCUT2D eigenvalue weighted by Gasteiger charge is -2.16. The van der Waals surface area contributed by atoms with Crippen LogP contribution in [0.4, 0.5) is 0 Å². The molecule has 1 atom stereocenters. The van der Waals surface area contributed by atoms with E-state index in [4.69, 9.17) is 10.00 Å². The fraction of sp³-hybridized carbons (Fsp3) is 0.533. The van der Waals surface area contributed by atoms with Crippen molar-refractivity contribution in [2.24, 2.45) is 5.92 Å². The van der Waals surface area contributed by atoms with Crippen LogP contribution in [0.25, 0.3) is 0 Å². The van der Waals surface area contributed by atoms with E-state index in [1.54, 1.807) is 7.11 Å². The van der Waals surface area contributed by atoms with Crippen LogP contribution in [0.2, 0.25) is 0 Å². The van der Waals surface area contributed by atoms with Gasteiger partial charge in [-0.25, -0.2) is 0 Å². The molecule has 1 unspecified atom stereocenters. The Bertz CT molecular complexity index is 421. The van der Waals surface area contributed by atoms with E-state index >= 15 is 0 Å². The first-order chi connectivity index (χ1) is 8.56. The van der Waals surface area contributed by atoms with E-state index < -0.39 is 0 Å². The Morgan fingerprint density at radius 3 is 2.61 bits per heavy atom. The highest BCUT2D eigenvalue weighted by Crippen LogP contribution is 2.19. The molecule has 0 aromatic heterocycles. The molecule has 0 fully saturated rings. The van der Waals surface area contributed by atoms with Crippen molar-refractivity contribution >= 4 is 0 Å². The molecule has 0 saturated carbocycles. The minimum atomic E-state index is 0.492. The number of nitrogens with zero attached hydrogens (tertiary/aromatic N) is 1. The van der Waals surface area contributed by atoms with Crippen molar-refractivity contribution in [3.63, 3.8) is 0 Å². The second-order valence-corrected chi connectivity index (χ2v) is 5.06. The van der Waals surface area contributed by atoms with Gasteiger partial charge in [-0.2, -0.15) is 5.26 Å². The fourth-order valence-corrected chi connectivity index (χ4v) is 2.02. The lowest BCUT2D eigenvalue weighted by atomic mass is 10.0. The maximum absolute atomic E-state index is 8.91. The highest BCUT2D eigenvalue weighted by Gasteiger charge is 2.06. The van der Waals surface area contributed by atoms with Gasteiger partial charge >= 0.3 is 0 Å². The summed E-state index contributed by atoms with van der Waals surface area (Å²) in [6, 6.07) is 8.31. The first-order valence-corrected chi connectivity index (χ1v) is 6.37. The van der Waals surface area contributed by atoms with Gasteiger partial charge in [-0.15, -0.1) is 0 Å². The zero-order valence-electron chi connectivity index (χ0n) is 11.7. The number of nitriles is 1. The van der Waals surface area contributed by atoms with E-state index in [9.17, 15) is 0 Å². The van der Waals surface area contributed by atoms with Crippen LogP contribution in [-0.2, 0) is 6.54 Å². The van der Waals surface area contributed by atoms with E-state index in [0.29, 0.717) is 23.3 Å². The molecule has 1 aromatic rings. The van der Waals surface area contributed by atoms with Crippen molar-refractivity contribution in [2.45, 2.75) is 39.8 Å². The fourth-order valence-electron chi connectivity index (χ4n) is 2.02. The number of rotatable bonds is 6. The molecule has 0 aliphatic rings. The zero-order valence-corrected chi connectivity index (χ0v) is 11.7. The minimum absolute atomic E-state index is 0.492. The van der Waals surface area contributed by atoms with Crippen molar-refractivity contribution in [1.29, 1.82) is 5.26 Å². The number of ether oxygens (including phenoxy) is 1. The second kappa shape index (κ2) is 7.03. The summed E-state index contributed by atoms with van der Waals surface area (Å²) in [4.78, 5) is 0. The maximum Gasteiger partial charge on any atom is 0.136 e. The summed E-state index contributed by atoms with van der Waals surface area (Å²) < 4.78 is 5.20. The molecule has 0 bridgehead atoms. The molecule has 18 heavy (non-hydrogen) atoms. The number of nitrogens with one attached hydrogen (secondary N) is 1. The predicted octanol–water partition coefficient (Wildman–Crippen LogP) is 3.09. The van der Waals surface area contributed by atoms with Crippen LogP contribution < -0.4 is 10.1 Å². The maximum atomic E-state index is 8.91. The summed E-state index contributed by atoms with van der Waals surface area (Å²) in [5, 5.41) is 12.4. The van der Waals surface area contributed by atoms with Gasteiger partial charge in [0.2, 0.25) is 0 Å². The number of hydrogen-bond donors (Lipinski definition) is 1. The molecule has 0 heterocycles. The topological polar surface area (TPSA) is 45.0 Å². The van der Waals surface area contributed by atoms with Gasteiger partial charge < -0.3 is 10.1 Å². The lowest BCUT2D eigenvalue weighted by Crippen LogP contribution is -2.26. The van der Waals surface area contributed by atoms with Crippen molar-refractivity contribution in [2.75, 3.05) is 7.11 Å². The van der Waals surface area contributed by atoms with E-state index in [1.807, 2.05) is 18.2 Å². The van der Waals surface area contributed by atoms with Gasteiger partial charge in [-0.05, 0) is 37.0 Å². The standard InChI is InChI=1S/C15H22N2O/c1-11(2)7-12(3)17-10-13-5-6-14(9-16)15(8-13)18-4/h5-6,8,11-12,17H,7,10H2,1-4H3. The van der Waals surface area contributed by atoms with E-state index in [1.165, 1.54) is 0 Å². The molecule has 0 spiro atoms.